The van der Waals surface area contributed by atoms with Crippen LogP contribution in [0.25, 0.3) is 0 Å². The Hall–Kier alpha value is -1.77. The minimum atomic E-state index is -1.12. The van der Waals surface area contributed by atoms with Gasteiger partial charge in [-0.3, -0.25) is 14.4 Å². The van der Waals surface area contributed by atoms with Crippen LogP contribution in [0, 0.1) is 5.92 Å². The van der Waals surface area contributed by atoms with Gasteiger partial charge in [-0.2, -0.15) is 0 Å². The van der Waals surface area contributed by atoms with Crippen LogP contribution in [-0.2, 0) is 14.4 Å². The zero-order valence-electron chi connectivity index (χ0n) is 14.4. The Morgan fingerprint density at radius 1 is 1.21 bits per heavy atom. The number of allylic oxidation sites excluding steroid dienone is 2. The van der Waals surface area contributed by atoms with Gasteiger partial charge in [-0.1, -0.05) is 6.92 Å². The molecule has 0 heterocycles. The van der Waals surface area contributed by atoms with Crippen LogP contribution in [0.15, 0.2) is 11.3 Å². The van der Waals surface area contributed by atoms with E-state index in [1.54, 1.807) is 20.8 Å². The summed E-state index contributed by atoms with van der Waals surface area (Å²) in [5.74, 6) is -2.90. The van der Waals surface area contributed by atoms with Crippen LogP contribution < -0.4 is 11.1 Å². The predicted octanol–water partition coefficient (Wildman–Crippen LogP) is -0.420. The van der Waals surface area contributed by atoms with Gasteiger partial charge >= 0.3 is 5.97 Å². The molecular weight excluding hydrogens is 316 g/mol. The zero-order valence-corrected chi connectivity index (χ0v) is 14.4. The van der Waals surface area contributed by atoms with E-state index in [2.05, 4.69) is 5.32 Å². The van der Waals surface area contributed by atoms with Crippen LogP contribution in [0.5, 0.6) is 0 Å². The van der Waals surface area contributed by atoms with E-state index in [1.807, 2.05) is 0 Å². The van der Waals surface area contributed by atoms with Crippen LogP contribution in [-0.4, -0.2) is 58.2 Å². The normalized spacial score (nSPS) is 19.9. The Morgan fingerprint density at radius 2 is 1.67 bits per heavy atom. The number of aliphatic hydroxyl groups excluding tert-OH is 2. The molecule has 8 heteroatoms. The van der Waals surface area contributed by atoms with Crippen LogP contribution in [0.4, 0.5) is 0 Å². The highest BCUT2D eigenvalue weighted by atomic mass is 16.4. The van der Waals surface area contributed by atoms with Crippen molar-refractivity contribution < 1.29 is 29.7 Å². The van der Waals surface area contributed by atoms with Crippen molar-refractivity contribution in [2.75, 3.05) is 13.1 Å². The monoisotopic (exact) mass is 344 g/mol. The molecule has 0 spiro atoms. The SMILES string of the molecule is CC(O)CN.CCC(NCC(C)O)=C1C(=O)CC(C(=O)O)CC1=O. The highest BCUT2D eigenvalue weighted by Crippen LogP contribution is 2.25. The topological polar surface area (TPSA) is 150 Å². The lowest BCUT2D eigenvalue weighted by Crippen LogP contribution is -2.34. The molecule has 0 saturated heterocycles. The first-order chi connectivity index (χ1) is 11.1. The fraction of sp³-hybridized carbons (Fsp3) is 0.688. The van der Waals surface area contributed by atoms with E-state index in [4.69, 9.17) is 15.9 Å². The summed E-state index contributed by atoms with van der Waals surface area (Å²) < 4.78 is 0. The molecule has 0 aliphatic heterocycles. The first-order valence-corrected chi connectivity index (χ1v) is 7.96. The van der Waals surface area contributed by atoms with Crippen LogP contribution in [0.2, 0.25) is 0 Å². The number of aliphatic carboxylic acids is 1. The predicted molar refractivity (Wildman–Crippen MR) is 88.1 cm³/mol. The second-order valence-electron chi connectivity index (χ2n) is 5.81. The first-order valence-electron chi connectivity index (χ1n) is 7.96. The number of Topliss-reactive ketones (excluding diaryl/α,β-unsaturated/α-hetero) is 2. The average Bonchev–Trinajstić information content (AvgIpc) is 2.49. The lowest BCUT2D eigenvalue weighted by Gasteiger charge is -2.22. The third kappa shape index (κ3) is 7.67. The fourth-order valence-electron chi connectivity index (χ4n) is 2.05. The van der Waals surface area contributed by atoms with Gasteiger partial charge in [-0.05, 0) is 20.3 Å². The van der Waals surface area contributed by atoms with Gasteiger partial charge in [0.25, 0.3) is 0 Å². The van der Waals surface area contributed by atoms with Crippen molar-refractivity contribution in [3.63, 3.8) is 0 Å². The Morgan fingerprint density at radius 3 is 1.96 bits per heavy atom. The van der Waals surface area contributed by atoms with E-state index in [0.717, 1.165) is 0 Å². The molecule has 0 aromatic rings. The van der Waals surface area contributed by atoms with Gasteiger partial charge in [0.15, 0.2) is 11.6 Å². The van der Waals surface area contributed by atoms with Crippen LogP contribution in [0.3, 0.4) is 0 Å². The molecule has 0 aromatic carbocycles. The average molecular weight is 344 g/mol. The minimum Gasteiger partial charge on any atom is -0.481 e. The number of aliphatic hydroxyl groups is 2. The summed E-state index contributed by atoms with van der Waals surface area (Å²) in [5.41, 5.74) is 5.48. The highest BCUT2D eigenvalue weighted by Gasteiger charge is 2.35. The molecule has 1 fully saturated rings. The van der Waals surface area contributed by atoms with Gasteiger partial charge in [0.2, 0.25) is 0 Å². The van der Waals surface area contributed by atoms with Crippen molar-refractivity contribution in [1.29, 1.82) is 0 Å². The fourth-order valence-corrected chi connectivity index (χ4v) is 2.05. The lowest BCUT2D eigenvalue weighted by atomic mass is 9.82. The van der Waals surface area contributed by atoms with Crippen molar-refractivity contribution in [2.45, 2.75) is 52.2 Å². The summed E-state index contributed by atoms with van der Waals surface area (Å²) in [6, 6.07) is 0. The van der Waals surface area contributed by atoms with Crippen molar-refractivity contribution in [3.8, 4) is 0 Å². The maximum Gasteiger partial charge on any atom is 0.307 e. The number of carboxylic acids is 1. The smallest absolute Gasteiger partial charge is 0.307 e. The molecule has 1 rings (SSSR count). The Bertz CT molecular complexity index is 465. The molecule has 1 aliphatic carbocycles. The number of nitrogens with one attached hydrogen (secondary N) is 1. The molecule has 8 nitrogen and oxygen atoms in total. The van der Waals surface area contributed by atoms with Gasteiger partial charge < -0.3 is 26.4 Å². The van der Waals surface area contributed by atoms with E-state index in [0.29, 0.717) is 18.7 Å². The Balaban J connectivity index is 0.000000922. The maximum atomic E-state index is 11.9. The van der Waals surface area contributed by atoms with Gasteiger partial charge in [-0.25, -0.2) is 0 Å². The third-order valence-electron chi connectivity index (χ3n) is 3.38. The number of hydrogen-bond acceptors (Lipinski definition) is 7. The molecule has 0 bridgehead atoms. The Labute approximate surface area is 141 Å². The van der Waals surface area contributed by atoms with E-state index in [1.165, 1.54) is 0 Å². The molecular formula is C16H28N2O6. The largest absolute Gasteiger partial charge is 0.481 e. The molecule has 0 aromatic heterocycles. The minimum absolute atomic E-state index is 0.0700. The van der Waals surface area contributed by atoms with E-state index in [9.17, 15) is 19.5 Å². The molecule has 1 saturated carbocycles. The number of hydrogen-bond donors (Lipinski definition) is 5. The lowest BCUT2D eigenvalue weighted by molar-refractivity contribution is -0.146. The summed E-state index contributed by atoms with van der Waals surface area (Å²) >= 11 is 0. The molecule has 2 unspecified atom stereocenters. The number of rotatable bonds is 6. The quantitative estimate of drug-likeness (QED) is 0.322. The number of ketones is 2. The van der Waals surface area contributed by atoms with Gasteiger partial charge in [0.05, 0.1) is 23.7 Å². The second-order valence-corrected chi connectivity index (χ2v) is 5.81. The second kappa shape index (κ2) is 10.9. The van der Waals surface area contributed by atoms with Crippen molar-refractivity contribution in [1.82, 2.24) is 5.32 Å². The van der Waals surface area contributed by atoms with Gasteiger partial charge in [0, 0.05) is 31.6 Å². The molecule has 0 amide bonds. The molecule has 2 atom stereocenters. The molecule has 138 valence electrons. The number of nitrogens with two attached hydrogens (primary N) is 1. The molecule has 24 heavy (non-hydrogen) atoms. The maximum absolute atomic E-state index is 11.9. The Kier molecular flexibility index (Phi) is 10.1. The summed E-state index contributed by atoms with van der Waals surface area (Å²) in [6.45, 7) is 5.65. The summed E-state index contributed by atoms with van der Waals surface area (Å²) in [6.07, 6.45) is -0.762. The summed E-state index contributed by atoms with van der Waals surface area (Å²) in [7, 11) is 0. The van der Waals surface area contributed by atoms with Crippen molar-refractivity contribution >= 4 is 17.5 Å². The summed E-state index contributed by atoms with van der Waals surface area (Å²) in [5, 5.41) is 29.2. The zero-order chi connectivity index (χ0) is 18.9. The highest BCUT2D eigenvalue weighted by molar-refractivity contribution is 6.23. The van der Waals surface area contributed by atoms with E-state index < -0.39 is 29.6 Å². The van der Waals surface area contributed by atoms with Gasteiger partial charge in [0.1, 0.15) is 0 Å². The van der Waals surface area contributed by atoms with Crippen molar-refractivity contribution in [2.24, 2.45) is 11.7 Å². The van der Waals surface area contributed by atoms with Crippen molar-refractivity contribution in [3.05, 3.63) is 11.3 Å². The number of carboxylic acid groups (broad SMARTS) is 1. The molecule has 0 radical (unpaired) electrons. The van der Waals surface area contributed by atoms with Crippen LogP contribution >= 0.6 is 0 Å². The standard InChI is InChI=1S/C13H19NO5.C3H9NO/c1-3-9(14-6-7(2)15)12-10(16)4-8(13(18)19)5-11(12)17;1-3(5)2-4/h7-8,14-15H,3-6H2,1-2H3,(H,18,19);3,5H,2,4H2,1H3. The van der Waals surface area contributed by atoms with Gasteiger partial charge in [-0.15, -0.1) is 0 Å². The van der Waals surface area contributed by atoms with Crippen LogP contribution in [0.1, 0.15) is 40.0 Å². The van der Waals surface area contributed by atoms with E-state index in [-0.39, 0.29) is 31.1 Å². The first kappa shape index (κ1) is 22.2. The van der Waals surface area contributed by atoms with E-state index >= 15 is 0 Å². The molecule has 6 N–H and O–H groups in total. The number of carbonyl (C=O) groups excluding carboxylic acids is 2. The third-order valence-corrected chi connectivity index (χ3v) is 3.38. The summed E-state index contributed by atoms with van der Waals surface area (Å²) in [4.78, 5) is 34.7. The molecule has 1 aliphatic rings. The number of carbonyl (C=O) groups is 3.